The molecular formula is C24H35N5O3. The number of piperidine rings is 1. The van der Waals surface area contributed by atoms with Gasteiger partial charge >= 0.3 is 0 Å². The Hall–Kier alpha value is -2.45. The van der Waals surface area contributed by atoms with Gasteiger partial charge in [0, 0.05) is 56.6 Å². The van der Waals surface area contributed by atoms with E-state index in [9.17, 15) is 14.7 Å². The van der Waals surface area contributed by atoms with Crippen molar-refractivity contribution < 1.29 is 14.7 Å². The molecule has 4 rings (SSSR count). The lowest BCUT2D eigenvalue weighted by Crippen LogP contribution is -2.53. The second-order valence-electron chi connectivity index (χ2n) is 9.68. The average Bonchev–Trinajstić information content (AvgIpc) is 3.22. The number of para-hydroxylation sites is 1. The van der Waals surface area contributed by atoms with Gasteiger partial charge in [0.2, 0.25) is 5.91 Å². The number of hydrogen-bond donors (Lipinski definition) is 2. The van der Waals surface area contributed by atoms with E-state index in [1.807, 2.05) is 28.9 Å². The molecule has 0 radical (unpaired) electrons. The summed E-state index contributed by atoms with van der Waals surface area (Å²) in [7, 11) is 1.71. The van der Waals surface area contributed by atoms with Gasteiger partial charge in [-0.1, -0.05) is 18.2 Å². The molecule has 2 bridgehead atoms. The summed E-state index contributed by atoms with van der Waals surface area (Å²) in [6, 6.07) is 8.86. The van der Waals surface area contributed by atoms with Gasteiger partial charge in [0.05, 0.1) is 11.6 Å². The lowest BCUT2D eigenvalue weighted by atomic mass is 9.96. The summed E-state index contributed by atoms with van der Waals surface area (Å²) in [6.45, 7) is 6.56. The summed E-state index contributed by atoms with van der Waals surface area (Å²) in [6.07, 6.45) is 3.35. The third-order valence-electron chi connectivity index (χ3n) is 6.98. The first kappa shape index (κ1) is 22.7. The molecule has 0 saturated carbocycles. The number of nitrogens with one attached hydrogen (secondary N) is 1. The molecule has 2 fully saturated rings. The molecule has 2 N–H and O–H groups in total. The molecule has 8 nitrogen and oxygen atoms in total. The lowest BCUT2D eigenvalue weighted by Gasteiger charge is -2.40. The minimum atomic E-state index is -0.565. The Balaban J connectivity index is 1.40. The van der Waals surface area contributed by atoms with E-state index in [0.29, 0.717) is 30.9 Å². The van der Waals surface area contributed by atoms with Crippen LogP contribution in [0.4, 0.5) is 0 Å². The molecule has 2 unspecified atom stereocenters. The lowest BCUT2D eigenvalue weighted by molar-refractivity contribution is -0.129. The van der Waals surface area contributed by atoms with Crippen molar-refractivity contribution in [1.29, 1.82) is 0 Å². The Labute approximate surface area is 189 Å². The van der Waals surface area contributed by atoms with Crippen molar-refractivity contribution >= 4 is 22.7 Å². The molecule has 1 aromatic carbocycles. The first-order valence-electron chi connectivity index (χ1n) is 11.7. The van der Waals surface area contributed by atoms with Gasteiger partial charge in [-0.25, -0.2) is 0 Å². The van der Waals surface area contributed by atoms with E-state index < -0.39 is 6.10 Å². The van der Waals surface area contributed by atoms with Crippen LogP contribution in [0.2, 0.25) is 0 Å². The zero-order valence-electron chi connectivity index (χ0n) is 19.5. The van der Waals surface area contributed by atoms with Gasteiger partial charge in [-0.2, -0.15) is 5.10 Å². The normalized spacial score (nSPS) is 24.1. The average molecular weight is 442 g/mol. The van der Waals surface area contributed by atoms with Gasteiger partial charge in [-0.15, -0.1) is 0 Å². The Morgan fingerprint density at radius 3 is 2.50 bits per heavy atom. The van der Waals surface area contributed by atoms with E-state index in [1.165, 1.54) is 6.92 Å². The molecule has 174 valence electrons. The number of carbonyl (C=O) groups excluding carboxylic acids is 2. The number of aliphatic hydroxyl groups excluding tert-OH is 1. The summed E-state index contributed by atoms with van der Waals surface area (Å²) in [5.41, 5.74) is 1.47. The zero-order chi connectivity index (χ0) is 23.0. The van der Waals surface area contributed by atoms with Gasteiger partial charge in [-0.05, 0) is 45.6 Å². The number of rotatable bonds is 7. The van der Waals surface area contributed by atoms with Crippen molar-refractivity contribution in [3.05, 3.63) is 30.0 Å². The highest BCUT2D eigenvalue weighted by atomic mass is 16.3. The largest absolute Gasteiger partial charge is 0.390 e. The summed E-state index contributed by atoms with van der Waals surface area (Å²) >= 11 is 0. The Kier molecular flexibility index (Phi) is 6.53. The number of carbonyl (C=O) groups is 2. The van der Waals surface area contributed by atoms with Crippen molar-refractivity contribution in [2.75, 3.05) is 20.1 Å². The van der Waals surface area contributed by atoms with Crippen molar-refractivity contribution in [2.45, 2.75) is 76.7 Å². The van der Waals surface area contributed by atoms with Gasteiger partial charge in [-0.3, -0.25) is 19.2 Å². The van der Waals surface area contributed by atoms with E-state index in [2.05, 4.69) is 29.2 Å². The Bertz CT molecular complexity index is 973. The predicted octanol–water partition coefficient (Wildman–Crippen LogP) is 2.18. The smallest absolute Gasteiger partial charge is 0.272 e. The van der Waals surface area contributed by atoms with Crippen LogP contribution in [0.1, 0.15) is 63.0 Å². The van der Waals surface area contributed by atoms with Gasteiger partial charge in [0.25, 0.3) is 5.91 Å². The molecule has 0 aliphatic carbocycles. The van der Waals surface area contributed by atoms with E-state index in [0.717, 1.165) is 36.6 Å². The summed E-state index contributed by atoms with van der Waals surface area (Å²) < 4.78 is 1.91. The van der Waals surface area contributed by atoms with Gasteiger partial charge < -0.3 is 15.3 Å². The molecule has 2 saturated heterocycles. The van der Waals surface area contributed by atoms with Crippen LogP contribution in [0.3, 0.4) is 0 Å². The van der Waals surface area contributed by atoms with E-state index >= 15 is 0 Å². The van der Waals surface area contributed by atoms with E-state index in [4.69, 9.17) is 0 Å². The topological polar surface area (TPSA) is 90.7 Å². The Morgan fingerprint density at radius 2 is 1.88 bits per heavy atom. The molecule has 32 heavy (non-hydrogen) atoms. The minimum absolute atomic E-state index is 0.0409. The van der Waals surface area contributed by atoms with Gasteiger partial charge in [0.1, 0.15) is 0 Å². The quantitative estimate of drug-likeness (QED) is 0.687. The predicted molar refractivity (Wildman–Crippen MR) is 123 cm³/mol. The first-order valence-corrected chi connectivity index (χ1v) is 11.7. The molecule has 4 atom stereocenters. The third-order valence-corrected chi connectivity index (χ3v) is 6.98. The molecule has 2 aliphatic heterocycles. The van der Waals surface area contributed by atoms with Crippen LogP contribution >= 0.6 is 0 Å². The fourth-order valence-corrected chi connectivity index (χ4v) is 5.34. The fraction of sp³-hybridized carbons (Fsp3) is 0.625. The number of nitrogens with zero attached hydrogens (tertiary/aromatic N) is 4. The minimum Gasteiger partial charge on any atom is -0.390 e. The number of fused-ring (bicyclic) bond motifs is 3. The molecule has 3 heterocycles. The maximum absolute atomic E-state index is 13.2. The SMILES string of the molecule is CC(=O)N(C)CC(O)CN1[C@@H]2CC[C@H]1CC(NC(=O)c1nn(C(C)C)c3ccccc13)C2. The van der Waals surface area contributed by atoms with Crippen molar-refractivity contribution in [2.24, 2.45) is 0 Å². The molecular weight excluding hydrogens is 406 g/mol. The number of hydrogen-bond acceptors (Lipinski definition) is 5. The highest BCUT2D eigenvalue weighted by Crippen LogP contribution is 2.36. The van der Waals surface area contributed by atoms with E-state index in [-0.39, 0.29) is 23.9 Å². The van der Waals surface area contributed by atoms with Crippen LogP contribution in [0.5, 0.6) is 0 Å². The third kappa shape index (κ3) is 4.52. The monoisotopic (exact) mass is 441 g/mol. The van der Waals surface area contributed by atoms with Crippen LogP contribution < -0.4 is 5.32 Å². The second kappa shape index (κ2) is 9.19. The number of amides is 2. The van der Waals surface area contributed by atoms with Crippen LogP contribution in [0, 0.1) is 0 Å². The van der Waals surface area contributed by atoms with Crippen LogP contribution in [-0.4, -0.2) is 80.9 Å². The molecule has 8 heteroatoms. The molecule has 2 amide bonds. The van der Waals surface area contributed by atoms with Crippen molar-refractivity contribution in [3.8, 4) is 0 Å². The standard InChI is InChI=1S/C24H35N5O3/c1-15(2)29-22-8-6-5-7-21(22)23(26-29)24(32)25-17-11-18-9-10-19(12-17)28(18)14-20(31)13-27(4)16(3)30/h5-8,15,17-20,31H,9-14H2,1-4H3,(H,25,32)/t17?,18-,19+,20?. The van der Waals surface area contributed by atoms with Crippen molar-refractivity contribution in [3.63, 3.8) is 0 Å². The van der Waals surface area contributed by atoms with Gasteiger partial charge in [0.15, 0.2) is 5.69 Å². The number of aromatic nitrogens is 2. The Morgan fingerprint density at radius 1 is 1.22 bits per heavy atom. The fourth-order valence-electron chi connectivity index (χ4n) is 5.34. The number of aliphatic hydroxyl groups is 1. The highest BCUT2D eigenvalue weighted by Gasteiger charge is 2.42. The van der Waals surface area contributed by atoms with E-state index in [1.54, 1.807) is 11.9 Å². The molecule has 2 aliphatic rings. The van der Waals surface area contributed by atoms with Crippen molar-refractivity contribution in [1.82, 2.24) is 24.9 Å². The zero-order valence-corrected chi connectivity index (χ0v) is 19.5. The number of likely N-dealkylation sites (N-methyl/N-ethyl adjacent to an activating group) is 1. The summed E-state index contributed by atoms with van der Waals surface area (Å²) in [4.78, 5) is 28.5. The first-order chi connectivity index (χ1) is 15.2. The highest BCUT2D eigenvalue weighted by molar-refractivity contribution is 6.05. The summed E-state index contributed by atoms with van der Waals surface area (Å²) in [5.74, 6) is -0.151. The van der Waals surface area contributed by atoms with Crippen LogP contribution in [0.25, 0.3) is 10.9 Å². The summed E-state index contributed by atoms with van der Waals surface area (Å²) in [5, 5.41) is 19.2. The molecule has 2 aromatic rings. The molecule has 0 spiro atoms. The number of benzene rings is 1. The molecule has 1 aromatic heterocycles. The van der Waals surface area contributed by atoms with Crippen LogP contribution in [0.15, 0.2) is 24.3 Å². The van der Waals surface area contributed by atoms with Crippen LogP contribution in [-0.2, 0) is 4.79 Å². The maximum Gasteiger partial charge on any atom is 0.272 e. The maximum atomic E-state index is 13.2. The second-order valence-corrected chi connectivity index (χ2v) is 9.68.